The van der Waals surface area contributed by atoms with Gasteiger partial charge in [-0.25, -0.2) is 4.39 Å². The molecule has 29 heavy (non-hydrogen) atoms. The van der Waals surface area contributed by atoms with Crippen molar-refractivity contribution in [3.05, 3.63) is 34.6 Å². The summed E-state index contributed by atoms with van der Waals surface area (Å²) >= 11 is 6.19. The predicted molar refractivity (Wildman–Crippen MR) is 113 cm³/mol. The predicted octanol–water partition coefficient (Wildman–Crippen LogP) is 3.19. The van der Waals surface area contributed by atoms with E-state index in [0.717, 1.165) is 51.9 Å². The molecule has 3 aliphatic rings. The number of nitrogens with one attached hydrogen (secondary N) is 2. The van der Waals surface area contributed by atoms with Gasteiger partial charge < -0.3 is 4.90 Å². The summed E-state index contributed by atoms with van der Waals surface area (Å²) in [6.07, 6.45) is 6.74. The minimum atomic E-state index is -0.232. The summed E-state index contributed by atoms with van der Waals surface area (Å²) in [5.74, 6) is 0.559. The van der Waals surface area contributed by atoms with Gasteiger partial charge in [0.25, 0.3) is 0 Å². The number of rotatable bonds is 4. The zero-order valence-corrected chi connectivity index (χ0v) is 17.8. The van der Waals surface area contributed by atoms with Crippen molar-refractivity contribution in [2.24, 2.45) is 11.8 Å². The van der Waals surface area contributed by atoms with Crippen LogP contribution in [0.1, 0.15) is 44.1 Å². The summed E-state index contributed by atoms with van der Waals surface area (Å²) in [7, 11) is 0. The number of piperidine rings is 1. The van der Waals surface area contributed by atoms with Gasteiger partial charge in [-0.05, 0) is 56.8 Å². The Kier molecular flexibility index (Phi) is 7.06. The maximum absolute atomic E-state index is 14.1. The fraction of sp³-hybridized carbons (Fsp3) is 0.682. The summed E-state index contributed by atoms with van der Waals surface area (Å²) in [5.41, 5.74) is 7.23. The Hall–Kier alpha value is -1.21. The first kappa shape index (κ1) is 21.0. The molecule has 1 aromatic rings. The van der Waals surface area contributed by atoms with Crippen LogP contribution in [-0.4, -0.2) is 54.5 Å². The monoisotopic (exact) mass is 422 g/mol. The molecule has 0 aliphatic carbocycles. The third-order valence-electron chi connectivity index (χ3n) is 6.84. The van der Waals surface area contributed by atoms with Crippen molar-refractivity contribution in [1.82, 2.24) is 20.7 Å². The minimum absolute atomic E-state index is 0.0191. The van der Waals surface area contributed by atoms with E-state index < -0.39 is 0 Å². The van der Waals surface area contributed by atoms with Gasteiger partial charge in [-0.2, -0.15) is 0 Å². The molecule has 3 fully saturated rings. The second-order valence-electron chi connectivity index (χ2n) is 8.71. The van der Waals surface area contributed by atoms with Crippen LogP contribution in [0.25, 0.3) is 0 Å². The Morgan fingerprint density at radius 1 is 1.10 bits per heavy atom. The lowest BCUT2D eigenvalue weighted by Crippen LogP contribution is -2.48. The summed E-state index contributed by atoms with van der Waals surface area (Å²) in [6.45, 7) is 4.87. The molecule has 0 spiro atoms. The smallest absolute Gasteiger partial charge is 0.228 e. The Labute approximate surface area is 177 Å². The van der Waals surface area contributed by atoms with Crippen LogP contribution in [-0.2, 0) is 11.3 Å². The van der Waals surface area contributed by atoms with Gasteiger partial charge in [0.2, 0.25) is 5.91 Å². The summed E-state index contributed by atoms with van der Waals surface area (Å²) in [6, 6.07) is 5.05. The molecule has 0 saturated carbocycles. The number of carbonyl (C=O) groups excluding carboxylic acids is 1. The van der Waals surface area contributed by atoms with Crippen molar-refractivity contribution in [3.63, 3.8) is 0 Å². The highest BCUT2D eigenvalue weighted by molar-refractivity contribution is 6.31. The van der Waals surface area contributed by atoms with E-state index >= 15 is 0 Å². The van der Waals surface area contributed by atoms with Crippen LogP contribution in [0.3, 0.4) is 0 Å². The molecular weight excluding hydrogens is 391 g/mol. The van der Waals surface area contributed by atoms with Crippen molar-refractivity contribution in [1.29, 1.82) is 0 Å². The van der Waals surface area contributed by atoms with Crippen LogP contribution in [0.2, 0.25) is 5.02 Å². The molecule has 1 amide bonds. The van der Waals surface area contributed by atoms with Crippen molar-refractivity contribution in [2.75, 3.05) is 32.7 Å². The molecule has 1 aromatic carbocycles. The van der Waals surface area contributed by atoms with Gasteiger partial charge in [-0.15, -0.1) is 0 Å². The van der Waals surface area contributed by atoms with Crippen LogP contribution >= 0.6 is 11.6 Å². The van der Waals surface area contributed by atoms with Crippen molar-refractivity contribution >= 4 is 17.5 Å². The average molecular weight is 423 g/mol. The lowest BCUT2D eigenvalue weighted by Gasteiger charge is -2.37. The topological polar surface area (TPSA) is 47.6 Å². The second kappa shape index (κ2) is 9.73. The van der Waals surface area contributed by atoms with Gasteiger partial charge in [-0.3, -0.25) is 20.5 Å². The molecule has 2 atom stereocenters. The largest absolute Gasteiger partial charge is 0.342 e. The van der Waals surface area contributed by atoms with E-state index in [0.29, 0.717) is 35.5 Å². The second-order valence-corrected chi connectivity index (χ2v) is 9.12. The van der Waals surface area contributed by atoms with Crippen molar-refractivity contribution in [3.8, 4) is 0 Å². The maximum atomic E-state index is 14.1. The Bertz CT molecular complexity index is 682. The first-order chi connectivity index (χ1) is 14.1. The van der Waals surface area contributed by atoms with Crippen LogP contribution < -0.4 is 10.9 Å². The molecule has 4 rings (SSSR count). The average Bonchev–Trinajstić information content (AvgIpc) is 3.05. The molecule has 160 valence electrons. The van der Waals surface area contributed by atoms with Gasteiger partial charge in [0, 0.05) is 42.8 Å². The molecular formula is C22H32ClFN4O. The Morgan fingerprint density at radius 2 is 1.83 bits per heavy atom. The number of amides is 1. The van der Waals surface area contributed by atoms with E-state index in [1.807, 2.05) is 0 Å². The molecule has 0 bridgehead atoms. The molecule has 3 aliphatic heterocycles. The van der Waals surface area contributed by atoms with Crippen LogP contribution in [0.15, 0.2) is 18.2 Å². The van der Waals surface area contributed by atoms with Gasteiger partial charge in [-0.1, -0.05) is 30.5 Å². The first-order valence-electron chi connectivity index (χ1n) is 11.1. The lowest BCUT2D eigenvalue weighted by atomic mass is 9.82. The minimum Gasteiger partial charge on any atom is -0.342 e. The zero-order chi connectivity index (χ0) is 20.2. The van der Waals surface area contributed by atoms with Gasteiger partial charge in [0.1, 0.15) is 5.82 Å². The number of hydrazine groups is 1. The van der Waals surface area contributed by atoms with E-state index in [1.165, 1.54) is 18.9 Å². The summed E-state index contributed by atoms with van der Waals surface area (Å²) in [5, 5.41) is 0.497. The SMILES string of the molecule is O=C(C1CNNC1C1CCN(Cc2c(F)cccc2Cl)CC1)N1CCCCCC1. The number of likely N-dealkylation sites (tertiary alicyclic amines) is 2. The quantitative estimate of drug-likeness (QED) is 0.782. The van der Waals surface area contributed by atoms with Gasteiger partial charge >= 0.3 is 0 Å². The van der Waals surface area contributed by atoms with E-state index in [-0.39, 0.29) is 17.8 Å². The van der Waals surface area contributed by atoms with Crippen molar-refractivity contribution in [2.45, 2.75) is 51.1 Å². The Morgan fingerprint density at radius 3 is 2.52 bits per heavy atom. The van der Waals surface area contributed by atoms with Crippen LogP contribution in [0, 0.1) is 17.7 Å². The van der Waals surface area contributed by atoms with Gasteiger partial charge in [0.05, 0.1) is 5.92 Å². The number of benzene rings is 1. The van der Waals surface area contributed by atoms with Crippen molar-refractivity contribution < 1.29 is 9.18 Å². The van der Waals surface area contributed by atoms with E-state index in [4.69, 9.17) is 11.6 Å². The maximum Gasteiger partial charge on any atom is 0.228 e. The Balaban J connectivity index is 1.33. The van der Waals surface area contributed by atoms with E-state index in [9.17, 15) is 9.18 Å². The lowest BCUT2D eigenvalue weighted by molar-refractivity contribution is -0.136. The molecule has 0 radical (unpaired) electrons. The molecule has 5 nitrogen and oxygen atoms in total. The number of halogens is 2. The fourth-order valence-electron chi connectivity index (χ4n) is 5.10. The molecule has 3 heterocycles. The van der Waals surface area contributed by atoms with Crippen LogP contribution in [0.5, 0.6) is 0 Å². The fourth-order valence-corrected chi connectivity index (χ4v) is 5.33. The van der Waals surface area contributed by atoms with E-state index in [1.54, 1.807) is 12.1 Å². The normalized spacial score (nSPS) is 27.2. The van der Waals surface area contributed by atoms with E-state index in [2.05, 4.69) is 20.7 Å². The number of hydrogen-bond donors (Lipinski definition) is 2. The third kappa shape index (κ3) is 4.93. The molecule has 2 unspecified atom stereocenters. The summed E-state index contributed by atoms with van der Waals surface area (Å²) < 4.78 is 14.1. The summed E-state index contributed by atoms with van der Waals surface area (Å²) in [4.78, 5) is 17.5. The molecule has 3 saturated heterocycles. The highest BCUT2D eigenvalue weighted by atomic mass is 35.5. The third-order valence-corrected chi connectivity index (χ3v) is 7.20. The highest BCUT2D eigenvalue weighted by Crippen LogP contribution is 2.30. The first-order valence-corrected chi connectivity index (χ1v) is 11.4. The number of hydrogen-bond acceptors (Lipinski definition) is 4. The number of carbonyl (C=O) groups is 1. The molecule has 2 N–H and O–H groups in total. The molecule has 7 heteroatoms. The standard InChI is InChI=1S/C22H32ClFN4O/c23-19-6-5-7-20(24)18(19)15-27-12-8-16(9-13-27)21-17(14-25-26-21)22(29)28-10-3-1-2-4-11-28/h5-7,16-17,21,25-26H,1-4,8-15H2. The van der Waals surface area contributed by atoms with Gasteiger partial charge in [0.15, 0.2) is 0 Å². The molecule has 0 aromatic heterocycles. The zero-order valence-electron chi connectivity index (χ0n) is 17.0. The van der Waals surface area contributed by atoms with Crippen LogP contribution in [0.4, 0.5) is 4.39 Å². The number of nitrogens with zero attached hydrogens (tertiary/aromatic N) is 2. The highest BCUT2D eigenvalue weighted by Gasteiger charge is 2.40.